The van der Waals surface area contributed by atoms with Crippen molar-refractivity contribution in [3.05, 3.63) is 49.6 Å². The van der Waals surface area contributed by atoms with Gasteiger partial charge in [0.05, 0.1) is 14.7 Å². The van der Waals surface area contributed by atoms with Crippen LogP contribution < -0.4 is 5.32 Å². The van der Waals surface area contributed by atoms with Crippen molar-refractivity contribution in [2.75, 3.05) is 5.32 Å². The highest BCUT2D eigenvalue weighted by atomic mass is 35.5. The van der Waals surface area contributed by atoms with Crippen molar-refractivity contribution in [1.82, 2.24) is 0 Å². The lowest BCUT2D eigenvalue weighted by atomic mass is 10.0. The van der Waals surface area contributed by atoms with E-state index in [9.17, 15) is 0 Å². The van der Waals surface area contributed by atoms with Crippen LogP contribution in [-0.4, -0.2) is 0 Å². The number of benzene rings is 1. The van der Waals surface area contributed by atoms with Crippen LogP contribution in [0, 0.1) is 6.92 Å². The van der Waals surface area contributed by atoms with Crippen LogP contribution in [0.4, 0.5) is 5.69 Å². The van der Waals surface area contributed by atoms with Crippen LogP contribution in [0.15, 0.2) is 24.3 Å². The molecule has 0 spiro atoms. The number of rotatable bonds is 4. The minimum atomic E-state index is 0.141. The van der Waals surface area contributed by atoms with Crippen molar-refractivity contribution >= 4 is 40.2 Å². The van der Waals surface area contributed by atoms with E-state index in [1.807, 2.05) is 6.07 Å². The Morgan fingerprint density at radius 3 is 2.63 bits per heavy atom. The summed E-state index contributed by atoms with van der Waals surface area (Å²) in [6.07, 6.45) is 1.01. The van der Waals surface area contributed by atoms with E-state index in [2.05, 4.69) is 44.3 Å². The molecule has 2 rings (SSSR count). The lowest BCUT2D eigenvalue weighted by Crippen LogP contribution is -2.09. The highest BCUT2D eigenvalue weighted by molar-refractivity contribution is 7.20. The fraction of sp³-hybridized carbons (Fsp3) is 0.333. The van der Waals surface area contributed by atoms with Gasteiger partial charge in [-0.2, -0.15) is 0 Å². The van der Waals surface area contributed by atoms with Crippen LogP contribution in [0.25, 0.3) is 0 Å². The number of aryl methyl sites for hydroxylation is 2. The van der Waals surface area contributed by atoms with E-state index < -0.39 is 0 Å². The summed E-state index contributed by atoms with van der Waals surface area (Å²) in [6.45, 7) is 6.39. The van der Waals surface area contributed by atoms with Crippen LogP contribution in [0.1, 0.15) is 36.6 Å². The summed E-state index contributed by atoms with van der Waals surface area (Å²) < 4.78 is 1.49. The van der Waals surface area contributed by atoms with Gasteiger partial charge in [0.25, 0.3) is 0 Å². The summed E-state index contributed by atoms with van der Waals surface area (Å²) >= 11 is 13.6. The van der Waals surface area contributed by atoms with E-state index in [1.54, 1.807) is 0 Å². The molecule has 4 heteroatoms. The molecule has 0 saturated carbocycles. The fourth-order valence-electron chi connectivity index (χ4n) is 2.17. The monoisotopic (exact) mass is 313 g/mol. The predicted octanol–water partition coefficient (Wildman–Crippen LogP) is 6.10. The van der Waals surface area contributed by atoms with Gasteiger partial charge in [0.15, 0.2) is 0 Å². The van der Waals surface area contributed by atoms with Gasteiger partial charge in [0, 0.05) is 11.3 Å². The smallest absolute Gasteiger partial charge is 0.0996 e. The molecule has 1 unspecified atom stereocenters. The van der Waals surface area contributed by atoms with Gasteiger partial charge in [0.1, 0.15) is 0 Å². The lowest BCUT2D eigenvalue weighted by molar-refractivity contribution is 0.882. The van der Waals surface area contributed by atoms with Crippen molar-refractivity contribution in [3.63, 3.8) is 0 Å². The Labute approximate surface area is 128 Å². The van der Waals surface area contributed by atoms with Gasteiger partial charge in [0.2, 0.25) is 0 Å². The van der Waals surface area contributed by atoms with Crippen LogP contribution >= 0.6 is 34.5 Å². The van der Waals surface area contributed by atoms with E-state index in [1.165, 1.54) is 28.2 Å². The Hall–Kier alpha value is -0.700. The van der Waals surface area contributed by atoms with Gasteiger partial charge < -0.3 is 5.32 Å². The fourth-order valence-corrected chi connectivity index (χ4v) is 3.82. The Balaban J connectivity index is 2.28. The average molecular weight is 314 g/mol. The molecule has 0 amide bonds. The first-order valence-electron chi connectivity index (χ1n) is 6.32. The van der Waals surface area contributed by atoms with Gasteiger partial charge in [-0.25, -0.2) is 0 Å². The molecule has 0 aliphatic carbocycles. The van der Waals surface area contributed by atoms with E-state index in [4.69, 9.17) is 23.2 Å². The van der Waals surface area contributed by atoms with Crippen LogP contribution in [0.3, 0.4) is 0 Å². The zero-order valence-electron chi connectivity index (χ0n) is 11.3. The highest BCUT2D eigenvalue weighted by Gasteiger charge is 2.15. The summed E-state index contributed by atoms with van der Waals surface area (Å²) in [7, 11) is 0. The molecule has 1 atom stereocenters. The molecule has 0 bridgehead atoms. The number of thiophene rings is 1. The van der Waals surface area contributed by atoms with Crippen molar-refractivity contribution in [1.29, 1.82) is 0 Å². The first-order chi connectivity index (χ1) is 9.02. The van der Waals surface area contributed by atoms with Crippen molar-refractivity contribution in [3.8, 4) is 0 Å². The van der Waals surface area contributed by atoms with Crippen molar-refractivity contribution in [2.45, 2.75) is 33.2 Å². The third-order valence-corrected chi connectivity index (χ3v) is 4.77. The minimum Gasteiger partial charge on any atom is -0.378 e. The quantitative estimate of drug-likeness (QED) is 0.719. The maximum absolute atomic E-state index is 6.21. The molecule has 19 heavy (non-hydrogen) atoms. The zero-order chi connectivity index (χ0) is 14.0. The first-order valence-corrected chi connectivity index (χ1v) is 7.90. The normalized spacial score (nSPS) is 12.5. The first kappa shape index (κ1) is 14.7. The van der Waals surface area contributed by atoms with E-state index >= 15 is 0 Å². The maximum Gasteiger partial charge on any atom is 0.0996 e. The van der Waals surface area contributed by atoms with E-state index in [0.717, 1.165) is 20.7 Å². The van der Waals surface area contributed by atoms with Gasteiger partial charge in [-0.1, -0.05) is 48.3 Å². The van der Waals surface area contributed by atoms with Crippen molar-refractivity contribution in [2.24, 2.45) is 0 Å². The molecular weight excluding hydrogens is 297 g/mol. The van der Waals surface area contributed by atoms with Crippen molar-refractivity contribution < 1.29 is 0 Å². The largest absolute Gasteiger partial charge is 0.378 e. The third-order valence-electron chi connectivity index (χ3n) is 3.25. The number of anilines is 1. The SMILES string of the molecule is CCc1cccc(C)c1NC(C)c1cc(Cl)sc1Cl. The van der Waals surface area contributed by atoms with Crippen LogP contribution in [-0.2, 0) is 6.42 Å². The second-order valence-corrected chi connectivity index (χ2v) is 6.89. The Morgan fingerprint density at radius 2 is 2.05 bits per heavy atom. The molecule has 0 saturated heterocycles. The summed E-state index contributed by atoms with van der Waals surface area (Å²) in [5, 5.41) is 3.56. The van der Waals surface area contributed by atoms with Crippen LogP contribution in [0.5, 0.6) is 0 Å². The van der Waals surface area contributed by atoms with Gasteiger partial charge >= 0.3 is 0 Å². The van der Waals surface area contributed by atoms with Crippen LogP contribution in [0.2, 0.25) is 8.67 Å². The molecule has 2 aromatic rings. The molecule has 0 fully saturated rings. The molecular formula is C15H17Cl2NS. The van der Waals surface area contributed by atoms with Gasteiger partial charge in [-0.05, 0) is 37.5 Å². The molecule has 1 N–H and O–H groups in total. The molecule has 102 valence electrons. The molecule has 0 aliphatic rings. The number of halogens is 2. The van der Waals surface area contributed by atoms with Gasteiger partial charge in [-0.3, -0.25) is 0 Å². The number of hydrogen-bond acceptors (Lipinski definition) is 2. The Bertz CT molecular complexity index is 578. The molecule has 1 nitrogen and oxygen atoms in total. The number of para-hydroxylation sites is 1. The zero-order valence-corrected chi connectivity index (χ0v) is 13.6. The van der Waals surface area contributed by atoms with E-state index in [0.29, 0.717) is 0 Å². The molecule has 0 radical (unpaired) electrons. The lowest BCUT2D eigenvalue weighted by Gasteiger charge is -2.19. The Morgan fingerprint density at radius 1 is 1.32 bits per heavy atom. The Kier molecular flexibility index (Phi) is 4.77. The standard InChI is InChI=1S/C15H17Cl2NS/c1-4-11-7-5-6-9(2)14(11)18-10(3)12-8-13(16)19-15(12)17/h5-8,10,18H,4H2,1-3H3. The molecule has 1 aromatic carbocycles. The number of nitrogens with one attached hydrogen (secondary N) is 1. The second-order valence-electron chi connectivity index (χ2n) is 4.61. The maximum atomic E-state index is 6.21. The van der Waals surface area contributed by atoms with Gasteiger partial charge in [-0.15, -0.1) is 11.3 Å². The minimum absolute atomic E-state index is 0.141. The number of hydrogen-bond donors (Lipinski definition) is 1. The topological polar surface area (TPSA) is 12.0 Å². The summed E-state index contributed by atoms with van der Waals surface area (Å²) in [4.78, 5) is 0. The second kappa shape index (κ2) is 6.17. The summed E-state index contributed by atoms with van der Waals surface area (Å²) in [5.41, 5.74) is 4.84. The summed E-state index contributed by atoms with van der Waals surface area (Å²) in [5.74, 6) is 0. The molecule has 0 aliphatic heterocycles. The third kappa shape index (κ3) is 3.25. The van der Waals surface area contributed by atoms with E-state index in [-0.39, 0.29) is 6.04 Å². The molecule has 1 aromatic heterocycles. The average Bonchev–Trinajstić information content (AvgIpc) is 2.71. The predicted molar refractivity (Wildman–Crippen MR) is 86.9 cm³/mol. The highest BCUT2D eigenvalue weighted by Crippen LogP contribution is 2.37. The summed E-state index contributed by atoms with van der Waals surface area (Å²) in [6, 6.07) is 8.46. The molecule has 1 heterocycles.